The standard InChI is InChI=1S/C22H20ClNO2/c1-13-2-4-14(5-3-13)16-10-19-22(20(25)11-16)18(12-21(26)24-19)15-6-8-17(23)9-7-15/h2-9,16,18H,10-12H2,1H3,(H,24,26). The van der Waals surface area contributed by atoms with E-state index in [1.165, 1.54) is 5.56 Å². The number of hydrogen-bond acceptors (Lipinski definition) is 2. The van der Waals surface area contributed by atoms with Gasteiger partial charge in [0.1, 0.15) is 0 Å². The molecule has 0 saturated carbocycles. The predicted octanol–water partition coefficient (Wildman–Crippen LogP) is 4.65. The summed E-state index contributed by atoms with van der Waals surface area (Å²) in [6, 6.07) is 15.8. The number of nitrogens with one attached hydrogen (secondary N) is 1. The van der Waals surface area contributed by atoms with Crippen LogP contribution in [0.4, 0.5) is 0 Å². The largest absolute Gasteiger partial charge is 0.329 e. The Morgan fingerprint density at radius 3 is 2.23 bits per heavy atom. The van der Waals surface area contributed by atoms with Crippen molar-refractivity contribution < 1.29 is 9.59 Å². The Morgan fingerprint density at radius 1 is 0.885 bits per heavy atom. The second-order valence-electron chi connectivity index (χ2n) is 7.19. The van der Waals surface area contributed by atoms with Crippen molar-refractivity contribution >= 4 is 23.3 Å². The maximum Gasteiger partial charge on any atom is 0.225 e. The third-order valence-corrected chi connectivity index (χ3v) is 5.61. The number of amides is 1. The number of ketones is 1. The van der Waals surface area contributed by atoms with Gasteiger partial charge in [-0.05, 0) is 42.5 Å². The van der Waals surface area contributed by atoms with Gasteiger partial charge in [-0.25, -0.2) is 0 Å². The van der Waals surface area contributed by atoms with Crippen LogP contribution < -0.4 is 5.32 Å². The molecule has 0 bridgehead atoms. The molecule has 3 nitrogen and oxygen atoms in total. The number of carbonyl (C=O) groups is 2. The molecule has 1 aliphatic heterocycles. The Bertz CT molecular complexity index is 897. The van der Waals surface area contributed by atoms with Crippen molar-refractivity contribution in [2.75, 3.05) is 0 Å². The molecule has 0 fully saturated rings. The quantitative estimate of drug-likeness (QED) is 0.841. The van der Waals surface area contributed by atoms with Crippen molar-refractivity contribution in [2.45, 2.75) is 38.0 Å². The van der Waals surface area contributed by atoms with Gasteiger partial charge in [0.15, 0.2) is 5.78 Å². The van der Waals surface area contributed by atoms with E-state index in [1.807, 2.05) is 24.3 Å². The molecular formula is C22H20ClNO2. The first-order valence-electron chi connectivity index (χ1n) is 8.89. The predicted molar refractivity (Wildman–Crippen MR) is 102 cm³/mol. The fourth-order valence-electron chi connectivity index (χ4n) is 4.01. The van der Waals surface area contributed by atoms with Crippen molar-refractivity contribution in [1.82, 2.24) is 5.32 Å². The second kappa shape index (κ2) is 6.73. The number of Topliss-reactive ketones (excluding diaryl/α,β-unsaturated/α-hetero) is 1. The van der Waals surface area contributed by atoms with E-state index in [2.05, 4.69) is 36.5 Å². The van der Waals surface area contributed by atoms with Crippen LogP contribution in [-0.4, -0.2) is 11.7 Å². The van der Waals surface area contributed by atoms with Crippen LogP contribution in [0.3, 0.4) is 0 Å². The summed E-state index contributed by atoms with van der Waals surface area (Å²) in [6.45, 7) is 2.05. The average Bonchev–Trinajstić information content (AvgIpc) is 2.62. The minimum absolute atomic E-state index is 0.0268. The highest BCUT2D eigenvalue weighted by molar-refractivity contribution is 6.30. The molecule has 2 aliphatic rings. The molecule has 26 heavy (non-hydrogen) atoms. The van der Waals surface area contributed by atoms with Crippen LogP contribution in [0, 0.1) is 6.92 Å². The van der Waals surface area contributed by atoms with Crippen molar-refractivity contribution in [3.05, 3.63) is 81.5 Å². The average molecular weight is 366 g/mol. The van der Waals surface area contributed by atoms with Gasteiger partial charge in [0.05, 0.1) is 0 Å². The van der Waals surface area contributed by atoms with Gasteiger partial charge >= 0.3 is 0 Å². The summed E-state index contributed by atoms with van der Waals surface area (Å²) in [5.74, 6) is 0.0476. The maximum atomic E-state index is 13.0. The van der Waals surface area contributed by atoms with Crippen LogP contribution in [0.15, 0.2) is 59.8 Å². The van der Waals surface area contributed by atoms with Crippen LogP contribution in [0.25, 0.3) is 0 Å². The maximum absolute atomic E-state index is 13.0. The fraction of sp³-hybridized carbons (Fsp3) is 0.273. The first-order chi connectivity index (χ1) is 12.5. The van der Waals surface area contributed by atoms with E-state index in [0.717, 1.165) is 22.4 Å². The van der Waals surface area contributed by atoms with E-state index < -0.39 is 0 Å². The highest BCUT2D eigenvalue weighted by Gasteiger charge is 2.38. The highest BCUT2D eigenvalue weighted by atomic mass is 35.5. The lowest BCUT2D eigenvalue weighted by Gasteiger charge is -2.34. The number of hydrogen-bond donors (Lipinski definition) is 1. The van der Waals surface area contributed by atoms with E-state index in [1.54, 1.807) is 0 Å². The Kier molecular flexibility index (Phi) is 4.41. The number of halogens is 1. The summed E-state index contributed by atoms with van der Waals surface area (Å²) < 4.78 is 0. The molecule has 1 amide bonds. The Hall–Kier alpha value is -2.39. The zero-order chi connectivity index (χ0) is 18.3. The summed E-state index contributed by atoms with van der Waals surface area (Å²) in [5, 5.41) is 3.62. The molecular weight excluding hydrogens is 346 g/mol. The zero-order valence-electron chi connectivity index (χ0n) is 14.6. The molecule has 4 rings (SSSR count). The monoisotopic (exact) mass is 365 g/mol. The topological polar surface area (TPSA) is 46.2 Å². The van der Waals surface area contributed by atoms with Crippen molar-refractivity contribution in [1.29, 1.82) is 0 Å². The molecule has 0 spiro atoms. The summed E-state index contributed by atoms with van der Waals surface area (Å²) in [6.07, 6.45) is 1.49. The molecule has 2 atom stereocenters. The highest BCUT2D eigenvalue weighted by Crippen LogP contribution is 2.42. The van der Waals surface area contributed by atoms with Gasteiger partial charge in [0.2, 0.25) is 5.91 Å². The zero-order valence-corrected chi connectivity index (χ0v) is 15.3. The van der Waals surface area contributed by atoms with Gasteiger partial charge in [-0.3, -0.25) is 9.59 Å². The summed E-state index contributed by atoms with van der Waals surface area (Å²) in [4.78, 5) is 25.3. The van der Waals surface area contributed by atoms with E-state index >= 15 is 0 Å². The van der Waals surface area contributed by atoms with Crippen LogP contribution in [0.5, 0.6) is 0 Å². The molecule has 1 aliphatic carbocycles. The lowest BCUT2D eigenvalue weighted by molar-refractivity contribution is -0.122. The first-order valence-corrected chi connectivity index (χ1v) is 9.27. The molecule has 2 aromatic rings. The first kappa shape index (κ1) is 17.0. The normalized spacial score (nSPS) is 22.8. The third-order valence-electron chi connectivity index (χ3n) is 5.36. The Morgan fingerprint density at radius 2 is 1.54 bits per heavy atom. The second-order valence-corrected chi connectivity index (χ2v) is 7.62. The van der Waals surface area contributed by atoms with E-state index in [-0.39, 0.29) is 23.5 Å². The number of rotatable bonds is 2. The van der Waals surface area contributed by atoms with Crippen molar-refractivity contribution in [3.63, 3.8) is 0 Å². The minimum atomic E-state index is -0.178. The summed E-state index contributed by atoms with van der Waals surface area (Å²) in [7, 11) is 0. The van der Waals surface area contributed by atoms with Crippen LogP contribution in [0.1, 0.15) is 47.8 Å². The molecule has 1 heterocycles. The third kappa shape index (κ3) is 3.19. The number of aryl methyl sites for hydroxylation is 1. The summed E-state index contributed by atoms with van der Waals surface area (Å²) >= 11 is 5.99. The fourth-order valence-corrected chi connectivity index (χ4v) is 4.14. The lowest BCUT2D eigenvalue weighted by atomic mass is 9.73. The van der Waals surface area contributed by atoms with Gasteiger partial charge < -0.3 is 5.32 Å². The molecule has 0 aromatic heterocycles. The molecule has 2 unspecified atom stereocenters. The van der Waals surface area contributed by atoms with Gasteiger partial charge in [-0.15, -0.1) is 0 Å². The van der Waals surface area contributed by atoms with Gasteiger partial charge in [-0.1, -0.05) is 53.6 Å². The molecule has 2 aromatic carbocycles. The summed E-state index contributed by atoms with van der Waals surface area (Å²) in [5.41, 5.74) is 4.89. The van der Waals surface area contributed by atoms with E-state index in [4.69, 9.17) is 11.6 Å². The Balaban J connectivity index is 1.70. The molecule has 1 N–H and O–H groups in total. The van der Waals surface area contributed by atoms with Gasteiger partial charge in [0, 0.05) is 35.1 Å². The smallest absolute Gasteiger partial charge is 0.225 e. The van der Waals surface area contributed by atoms with Gasteiger partial charge in [-0.2, -0.15) is 0 Å². The molecule has 132 valence electrons. The van der Waals surface area contributed by atoms with Crippen LogP contribution >= 0.6 is 11.6 Å². The Labute approximate surface area is 158 Å². The lowest BCUT2D eigenvalue weighted by Crippen LogP contribution is -2.38. The van der Waals surface area contributed by atoms with Crippen molar-refractivity contribution in [2.24, 2.45) is 0 Å². The number of carbonyl (C=O) groups excluding carboxylic acids is 2. The molecule has 0 saturated heterocycles. The minimum Gasteiger partial charge on any atom is -0.329 e. The van der Waals surface area contributed by atoms with Crippen LogP contribution in [0.2, 0.25) is 5.02 Å². The number of benzene rings is 2. The SMILES string of the molecule is Cc1ccc(C2CC(=O)C3=C(C2)NC(=O)CC3c2ccc(Cl)cc2)cc1. The van der Waals surface area contributed by atoms with Crippen molar-refractivity contribution in [3.8, 4) is 0 Å². The van der Waals surface area contributed by atoms with E-state index in [0.29, 0.717) is 24.3 Å². The van der Waals surface area contributed by atoms with Gasteiger partial charge in [0.25, 0.3) is 0 Å². The molecule has 4 heteroatoms. The number of allylic oxidation sites excluding steroid dienone is 2. The van der Waals surface area contributed by atoms with E-state index in [9.17, 15) is 9.59 Å². The van der Waals surface area contributed by atoms with Crippen LogP contribution in [-0.2, 0) is 9.59 Å². The molecule has 0 radical (unpaired) electrons.